The molecule has 102 valence electrons. The van der Waals surface area contributed by atoms with E-state index in [2.05, 4.69) is 10.8 Å². The fourth-order valence-corrected chi connectivity index (χ4v) is 0.912. The van der Waals surface area contributed by atoms with Crippen molar-refractivity contribution in [3.63, 3.8) is 0 Å². The Labute approximate surface area is 102 Å². The molecule has 0 heterocycles. The molecule has 0 aromatic rings. The first kappa shape index (κ1) is 18.4. The molecular weight excluding hydrogens is 250 g/mol. The number of carbonyl (C=O) groups is 1. The minimum Gasteiger partial charge on any atom is -0.544 e. The van der Waals surface area contributed by atoms with Crippen LogP contribution in [0.15, 0.2) is 12.2 Å². The van der Waals surface area contributed by atoms with E-state index < -0.39 is 16.4 Å². The largest absolute Gasteiger partial charge is 0.544 e. The van der Waals surface area contributed by atoms with Crippen molar-refractivity contribution in [1.82, 2.24) is 0 Å². The lowest BCUT2D eigenvalue weighted by Gasteiger charge is -2.23. The minimum atomic E-state index is -4.28. The standard InChI is InChI=1S/C5H11NO2.C4H8O4S/c1-6(2,3)4-5(7)8;1-4(2)3-8-9(5,6)7/h4H2,1-3H3;1,3H2,2H3,(H,5,6,7). The van der Waals surface area contributed by atoms with Gasteiger partial charge in [-0.1, -0.05) is 12.2 Å². The Morgan fingerprint density at radius 1 is 1.41 bits per heavy atom. The summed E-state index contributed by atoms with van der Waals surface area (Å²) < 4.78 is 32.0. The van der Waals surface area contributed by atoms with Crippen LogP contribution in [0, 0.1) is 0 Å². The second-order valence-corrected chi connectivity index (χ2v) is 5.56. The smallest absolute Gasteiger partial charge is 0.397 e. The molecule has 7 nitrogen and oxygen atoms in total. The van der Waals surface area contributed by atoms with Crippen LogP contribution in [-0.2, 0) is 19.4 Å². The maximum atomic E-state index is 9.89. The predicted octanol–water partition coefficient (Wildman–Crippen LogP) is -1.18. The van der Waals surface area contributed by atoms with Crippen molar-refractivity contribution in [2.45, 2.75) is 6.92 Å². The Morgan fingerprint density at radius 3 is 1.88 bits per heavy atom. The highest BCUT2D eigenvalue weighted by molar-refractivity contribution is 7.80. The first-order valence-electron chi connectivity index (χ1n) is 4.60. The Bertz CT molecular complexity index is 354. The van der Waals surface area contributed by atoms with Crippen LogP contribution in [-0.4, -0.2) is 57.7 Å². The molecule has 0 saturated heterocycles. The number of hydrogen-bond acceptors (Lipinski definition) is 5. The van der Waals surface area contributed by atoms with Gasteiger partial charge in [0.1, 0.15) is 6.54 Å². The number of carbonyl (C=O) groups excluding carboxylic acids is 1. The van der Waals surface area contributed by atoms with Gasteiger partial charge in [-0.05, 0) is 6.92 Å². The Hall–Kier alpha value is -0.960. The molecule has 0 radical (unpaired) electrons. The molecule has 0 aliphatic rings. The summed E-state index contributed by atoms with van der Waals surface area (Å²) in [5.41, 5.74) is 0.535. The zero-order chi connectivity index (χ0) is 14.3. The Morgan fingerprint density at radius 2 is 1.82 bits per heavy atom. The molecule has 0 aliphatic heterocycles. The van der Waals surface area contributed by atoms with Crippen molar-refractivity contribution in [2.24, 2.45) is 0 Å². The highest BCUT2D eigenvalue weighted by Crippen LogP contribution is 1.92. The molecule has 0 saturated carbocycles. The molecule has 0 aromatic heterocycles. The van der Waals surface area contributed by atoms with E-state index in [1.54, 1.807) is 28.1 Å². The van der Waals surface area contributed by atoms with Crippen LogP contribution >= 0.6 is 0 Å². The molecule has 0 aromatic carbocycles. The summed E-state index contributed by atoms with van der Waals surface area (Å²) in [6.45, 7) is 4.85. The van der Waals surface area contributed by atoms with Crippen LogP contribution in [0.3, 0.4) is 0 Å². The molecule has 17 heavy (non-hydrogen) atoms. The van der Waals surface area contributed by atoms with Gasteiger partial charge in [0.25, 0.3) is 0 Å². The second kappa shape index (κ2) is 7.38. The third-order valence-corrected chi connectivity index (χ3v) is 1.47. The molecule has 0 aliphatic carbocycles. The molecule has 1 N–H and O–H groups in total. The normalized spacial score (nSPS) is 11.4. The number of likely N-dealkylation sites (N-methyl/N-ethyl adjacent to an activating group) is 1. The fraction of sp³-hybridized carbons (Fsp3) is 0.667. The Kier molecular flexibility index (Phi) is 7.99. The molecule has 0 unspecified atom stereocenters. The van der Waals surface area contributed by atoms with Crippen molar-refractivity contribution >= 4 is 16.4 Å². The SMILES string of the molecule is C=C(C)COS(=O)(=O)O.C[N+](C)(C)CC(=O)[O-]. The number of aliphatic carboxylic acids is 1. The molecule has 0 bridgehead atoms. The average molecular weight is 269 g/mol. The summed E-state index contributed by atoms with van der Waals surface area (Å²) in [6.07, 6.45) is 0. The van der Waals surface area contributed by atoms with E-state index in [0.29, 0.717) is 10.1 Å². The van der Waals surface area contributed by atoms with E-state index in [1.807, 2.05) is 0 Å². The Balaban J connectivity index is 0. The monoisotopic (exact) mass is 269 g/mol. The van der Waals surface area contributed by atoms with Gasteiger partial charge in [0.15, 0.2) is 0 Å². The number of hydrogen-bond donors (Lipinski definition) is 1. The van der Waals surface area contributed by atoms with Crippen LogP contribution in [0.25, 0.3) is 0 Å². The van der Waals surface area contributed by atoms with Gasteiger partial charge in [-0.15, -0.1) is 0 Å². The lowest BCUT2D eigenvalue weighted by atomic mass is 10.4. The van der Waals surface area contributed by atoms with Crippen molar-refractivity contribution < 1.29 is 31.5 Å². The minimum absolute atomic E-state index is 0.0694. The lowest BCUT2D eigenvalue weighted by Crippen LogP contribution is -2.45. The first-order valence-corrected chi connectivity index (χ1v) is 5.96. The van der Waals surface area contributed by atoms with Crippen LogP contribution in [0.5, 0.6) is 0 Å². The fourth-order valence-electron chi connectivity index (χ4n) is 0.562. The number of rotatable bonds is 5. The molecule has 0 fully saturated rings. The van der Waals surface area contributed by atoms with E-state index in [1.165, 1.54) is 0 Å². The summed E-state index contributed by atoms with van der Waals surface area (Å²) in [7, 11) is 1.12. The highest BCUT2D eigenvalue weighted by atomic mass is 32.3. The van der Waals surface area contributed by atoms with Gasteiger partial charge < -0.3 is 14.4 Å². The van der Waals surface area contributed by atoms with Gasteiger partial charge in [-0.25, -0.2) is 4.18 Å². The van der Waals surface area contributed by atoms with Crippen LogP contribution < -0.4 is 5.11 Å². The molecule has 8 heteroatoms. The molecule has 0 rings (SSSR count). The van der Waals surface area contributed by atoms with Crippen LogP contribution in [0.4, 0.5) is 0 Å². The van der Waals surface area contributed by atoms with Crippen molar-refractivity contribution in [3.05, 3.63) is 12.2 Å². The van der Waals surface area contributed by atoms with Gasteiger partial charge >= 0.3 is 10.4 Å². The number of nitrogens with zero attached hydrogens (tertiary/aromatic N) is 1. The van der Waals surface area contributed by atoms with Gasteiger partial charge in [-0.2, -0.15) is 8.42 Å². The second-order valence-electron chi connectivity index (χ2n) is 4.47. The summed E-state index contributed by atoms with van der Waals surface area (Å²) >= 11 is 0. The van der Waals surface area contributed by atoms with Crippen LogP contribution in [0.1, 0.15) is 6.92 Å². The quantitative estimate of drug-likeness (QED) is 0.383. The molecule has 0 amide bonds. The van der Waals surface area contributed by atoms with E-state index >= 15 is 0 Å². The number of carboxylic acids is 1. The van der Waals surface area contributed by atoms with Crippen molar-refractivity contribution in [2.75, 3.05) is 34.3 Å². The highest BCUT2D eigenvalue weighted by Gasteiger charge is 2.04. The summed E-state index contributed by atoms with van der Waals surface area (Å²) in [5.74, 6) is -1.00. The summed E-state index contributed by atoms with van der Waals surface area (Å²) in [6, 6.07) is 0. The number of quaternary nitrogens is 1. The van der Waals surface area contributed by atoms with Crippen LogP contribution in [0.2, 0.25) is 0 Å². The topological polar surface area (TPSA) is 104 Å². The van der Waals surface area contributed by atoms with Gasteiger partial charge in [0.2, 0.25) is 0 Å². The predicted molar refractivity (Wildman–Crippen MR) is 60.2 cm³/mol. The van der Waals surface area contributed by atoms with Crippen molar-refractivity contribution in [3.8, 4) is 0 Å². The summed E-state index contributed by atoms with van der Waals surface area (Å²) in [4.78, 5) is 9.89. The third-order valence-electron chi connectivity index (χ3n) is 1.06. The third kappa shape index (κ3) is 25.4. The maximum Gasteiger partial charge on any atom is 0.397 e. The van der Waals surface area contributed by atoms with E-state index in [0.717, 1.165) is 0 Å². The summed E-state index contributed by atoms with van der Waals surface area (Å²) in [5, 5.41) is 9.89. The van der Waals surface area contributed by atoms with Crippen molar-refractivity contribution in [1.29, 1.82) is 0 Å². The molecule has 0 spiro atoms. The van der Waals surface area contributed by atoms with E-state index in [9.17, 15) is 18.3 Å². The maximum absolute atomic E-state index is 9.89. The van der Waals surface area contributed by atoms with E-state index in [-0.39, 0.29) is 13.2 Å². The average Bonchev–Trinajstić information content (AvgIpc) is 1.95. The van der Waals surface area contributed by atoms with Gasteiger partial charge in [0, 0.05) is 0 Å². The molecule has 0 atom stereocenters. The first-order chi connectivity index (χ1) is 7.33. The van der Waals surface area contributed by atoms with Gasteiger partial charge in [0.05, 0.1) is 33.7 Å². The molecular formula is C9H19NO6S. The number of carboxylic acid groups (broad SMARTS) is 1. The van der Waals surface area contributed by atoms with Gasteiger partial charge in [-0.3, -0.25) is 4.55 Å². The van der Waals surface area contributed by atoms with E-state index in [4.69, 9.17) is 4.55 Å². The lowest BCUT2D eigenvalue weighted by molar-refractivity contribution is -0.864. The zero-order valence-electron chi connectivity index (χ0n) is 10.5. The zero-order valence-corrected chi connectivity index (χ0v) is 11.3.